The predicted octanol–water partition coefficient (Wildman–Crippen LogP) is 1.17. The van der Waals surface area contributed by atoms with Crippen LogP contribution in [-0.2, 0) is 7.05 Å². The molecular weight excluding hydrogens is 244 g/mol. The Kier molecular flexibility index (Phi) is 2.92. The van der Waals surface area contributed by atoms with Crippen molar-refractivity contribution in [1.29, 1.82) is 5.41 Å². The van der Waals surface area contributed by atoms with Crippen molar-refractivity contribution in [2.45, 2.75) is 0 Å². The fourth-order valence-corrected chi connectivity index (χ4v) is 1.27. The number of halogens is 2. The van der Waals surface area contributed by atoms with Crippen LogP contribution in [0.25, 0.3) is 0 Å². The molecule has 1 heterocycles. The van der Waals surface area contributed by atoms with Crippen LogP contribution < -0.4 is 10.5 Å². The van der Waals surface area contributed by atoms with Gasteiger partial charge >= 0.3 is 6.01 Å². The van der Waals surface area contributed by atoms with Crippen molar-refractivity contribution in [2.24, 2.45) is 12.8 Å². The second-order valence-corrected chi connectivity index (χ2v) is 3.49. The molecule has 1 aromatic heterocycles. The molecule has 0 fully saturated rings. The summed E-state index contributed by atoms with van der Waals surface area (Å²) in [5.74, 6) is -3.03. The van der Waals surface area contributed by atoms with Gasteiger partial charge in [0.05, 0.1) is 0 Å². The van der Waals surface area contributed by atoms with Gasteiger partial charge in [0, 0.05) is 12.6 Å². The van der Waals surface area contributed by atoms with Crippen molar-refractivity contribution < 1.29 is 13.5 Å². The third-order valence-corrected chi connectivity index (χ3v) is 2.08. The van der Waals surface area contributed by atoms with E-state index in [-0.39, 0.29) is 11.6 Å². The molecule has 0 spiro atoms. The van der Waals surface area contributed by atoms with Crippen LogP contribution in [0.1, 0.15) is 5.56 Å². The molecule has 0 amide bonds. The molecule has 0 aliphatic rings. The van der Waals surface area contributed by atoms with E-state index >= 15 is 0 Å². The predicted molar refractivity (Wildman–Crippen MR) is 58.5 cm³/mol. The summed E-state index contributed by atoms with van der Waals surface area (Å²) in [6.45, 7) is 0. The highest BCUT2D eigenvalue weighted by molar-refractivity contribution is 5.95. The highest BCUT2D eigenvalue weighted by Crippen LogP contribution is 2.26. The second-order valence-electron chi connectivity index (χ2n) is 3.49. The Morgan fingerprint density at radius 2 is 2.00 bits per heavy atom. The Bertz CT molecular complexity index is 587. The number of nitrogens with two attached hydrogens (primary N) is 1. The summed E-state index contributed by atoms with van der Waals surface area (Å²) in [6, 6.07) is 1.64. The third kappa shape index (κ3) is 2.26. The van der Waals surface area contributed by atoms with Crippen molar-refractivity contribution in [3.05, 3.63) is 35.7 Å². The maximum Gasteiger partial charge on any atom is 0.341 e. The monoisotopic (exact) mass is 253 g/mol. The van der Waals surface area contributed by atoms with E-state index in [2.05, 4.69) is 10.1 Å². The normalized spacial score (nSPS) is 10.4. The highest BCUT2D eigenvalue weighted by Gasteiger charge is 2.16. The van der Waals surface area contributed by atoms with Gasteiger partial charge in [-0.25, -0.2) is 8.78 Å². The van der Waals surface area contributed by atoms with E-state index in [4.69, 9.17) is 15.9 Å². The maximum absolute atomic E-state index is 13.6. The molecule has 0 aliphatic heterocycles. The van der Waals surface area contributed by atoms with Gasteiger partial charge in [-0.1, -0.05) is 0 Å². The van der Waals surface area contributed by atoms with Gasteiger partial charge in [-0.15, -0.1) is 5.10 Å². The van der Waals surface area contributed by atoms with Crippen molar-refractivity contribution >= 4 is 5.84 Å². The lowest BCUT2D eigenvalue weighted by Crippen LogP contribution is -2.12. The number of nitrogens with one attached hydrogen (secondary N) is 1. The zero-order chi connectivity index (χ0) is 13.3. The number of nitrogen functional groups attached to an aromatic ring is 1. The van der Waals surface area contributed by atoms with Gasteiger partial charge in [0.25, 0.3) is 0 Å². The first-order valence-electron chi connectivity index (χ1n) is 4.84. The molecule has 0 saturated carbocycles. The van der Waals surface area contributed by atoms with Gasteiger partial charge in [0.2, 0.25) is 5.75 Å². The molecule has 0 radical (unpaired) electrons. The average Bonchev–Trinajstić information content (AvgIpc) is 2.69. The number of benzene rings is 1. The number of rotatable bonds is 3. The summed E-state index contributed by atoms with van der Waals surface area (Å²) < 4.78 is 33.4. The van der Waals surface area contributed by atoms with Gasteiger partial charge < -0.3 is 10.5 Å². The molecule has 0 unspecified atom stereocenters. The first-order chi connectivity index (χ1) is 8.47. The van der Waals surface area contributed by atoms with E-state index in [9.17, 15) is 8.78 Å². The zero-order valence-corrected chi connectivity index (χ0v) is 9.32. The minimum atomic E-state index is -0.979. The molecule has 2 rings (SSSR count). The standard InChI is InChI=1S/C10H9F2N5O/c1-17-4-15-10(16-17)18-8-6(11)2-5(9(13)14)3-7(8)12/h2-4H,1H3,(H3,13,14). The van der Waals surface area contributed by atoms with Crippen LogP contribution in [-0.4, -0.2) is 20.6 Å². The van der Waals surface area contributed by atoms with Crippen LogP contribution >= 0.6 is 0 Å². The van der Waals surface area contributed by atoms with Crippen LogP contribution in [0.2, 0.25) is 0 Å². The van der Waals surface area contributed by atoms with Crippen molar-refractivity contribution in [2.75, 3.05) is 0 Å². The van der Waals surface area contributed by atoms with E-state index in [1.54, 1.807) is 7.05 Å². The van der Waals surface area contributed by atoms with Crippen LogP contribution in [0.3, 0.4) is 0 Å². The second kappa shape index (κ2) is 4.40. The number of aromatic nitrogens is 3. The van der Waals surface area contributed by atoms with Gasteiger partial charge in [0.1, 0.15) is 12.2 Å². The van der Waals surface area contributed by atoms with Crippen molar-refractivity contribution in [3.63, 3.8) is 0 Å². The smallest absolute Gasteiger partial charge is 0.341 e. The van der Waals surface area contributed by atoms with Crippen molar-refractivity contribution in [3.8, 4) is 11.8 Å². The Morgan fingerprint density at radius 1 is 1.39 bits per heavy atom. The molecule has 94 valence electrons. The Balaban J connectivity index is 2.37. The Labute approximate surface area is 101 Å². The largest absolute Gasteiger partial charge is 0.417 e. The van der Waals surface area contributed by atoms with Crippen LogP contribution in [0, 0.1) is 17.0 Å². The van der Waals surface area contributed by atoms with E-state index in [0.29, 0.717) is 0 Å². The molecule has 8 heteroatoms. The summed E-state index contributed by atoms with van der Waals surface area (Å²) >= 11 is 0. The van der Waals surface area contributed by atoms with Crippen molar-refractivity contribution in [1.82, 2.24) is 14.8 Å². The zero-order valence-electron chi connectivity index (χ0n) is 9.32. The topological polar surface area (TPSA) is 89.8 Å². The fraction of sp³-hybridized carbons (Fsp3) is 0.100. The Morgan fingerprint density at radius 3 is 2.44 bits per heavy atom. The first-order valence-corrected chi connectivity index (χ1v) is 4.84. The molecular formula is C10H9F2N5O. The lowest BCUT2D eigenvalue weighted by atomic mass is 10.2. The first kappa shape index (κ1) is 12.0. The van der Waals surface area contributed by atoms with Crippen LogP contribution in [0.4, 0.5) is 8.78 Å². The minimum absolute atomic E-state index is 0.0636. The van der Waals surface area contributed by atoms with E-state index in [1.165, 1.54) is 11.0 Å². The van der Waals surface area contributed by atoms with Gasteiger partial charge in [-0.2, -0.15) is 4.98 Å². The number of ether oxygens (including phenoxy) is 1. The molecule has 0 bridgehead atoms. The molecule has 6 nitrogen and oxygen atoms in total. The molecule has 2 aromatic rings. The van der Waals surface area contributed by atoms with E-state index in [1.807, 2.05) is 0 Å². The van der Waals surface area contributed by atoms with Gasteiger partial charge in [-0.05, 0) is 12.1 Å². The lowest BCUT2D eigenvalue weighted by molar-refractivity contribution is 0.381. The highest BCUT2D eigenvalue weighted by atomic mass is 19.1. The summed E-state index contributed by atoms with van der Waals surface area (Å²) in [7, 11) is 1.59. The molecule has 0 atom stereocenters. The maximum atomic E-state index is 13.6. The summed E-state index contributed by atoms with van der Waals surface area (Å²) in [5, 5.41) is 10.8. The van der Waals surface area contributed by atoms with Gasteiger partial charge in [-0.3, -0.25) is 10.1 Å². The van der Waals surface area contributed by atoms with Crippen LogP contribution in [0.5, 0.6) is 11.8 Å². The number of nitrogens with zero attached hydrogens (tertiary/aromatic N) is 3. The lowest BCUT2D eigenvalue weighted by Gasteiger charge is -2.06. The molecule has 0 saturated heterocycles. The van der Waals surface area contributed by atoms with Crippen LogP contribution in [0.15, 0.2) is 18.5 Å². The number of aryl methyl sites for hydroxylation is 1. The summed E-state index contributed by atoms with van der Waals surface area (Å²) in [6.07, 6.45) is 1.33. The summed E-state index contributed by atoms with van der Waals surface area (Å²) in [4.78, 5) is 3.68. The SMILES string of the molecule is Cn1cnc(Oc2c(F)cc(C(=N)N)cc2F)n1. The molecule has 18 heavy (non-hydrogen) atoms. The molecule has 3 N–H and O–H groups in total. The third-order valence-electron chi connectivity index (χ3n) is 2.08. The van der Waals surface area contributed by atoms with E-state index < -0.39 is 23.2 Å². The van der Waals surface area contributed by atoms with Gasteiger partial charge in [0.15, 0.2) is 11.6 Å². The quantitative estimate of drug-likeness (QED) is 0.634. The Hall–Kier alpha value is -2.51. The van der Waals surface area contributed by atoms with E-state index in [0.717, 1.165) is 12.1 Å². The number of hydrogen-bond donors (Lipinski definition) is 2. The number of hydrogen-bond acceptors (Lipinski definition) is 4. The molecule has 0 aliphatic carbocycles. The average molecular weight is 253 g/mol. The molecule has 1 aromatic carbocycles. The fourth-order valence-electron chi connectivity index (χ4n) is 1.27. The summed E-state index contributed by atoms with van der Waals surface area (Å²) in [5.41, 5.74) is 5.08. The number of amidine groups is 1. The minimum Gasteiger partial charge on any atom is -0.417 e.